The topological polar surface area (TPSA) is 68.3 Å². The van der Waals surface area contributed by atoms with Gasteiger partial charge in [0.1, 0.15) is 4.88 Å². The number of halogens is 8. The van der Waals surface area contributed by atoms with Crippen molar-refractivity contribution < 1.29 is 49.4 Å². The van der Waals surface area contributed by atoms with E-state index in [1.165, 1.54) is 13.8 Å². The molecular weight excluding hydrogens is 404 g/mol. The molecule has 0 bridgehead atoms. The van der Waals surface area contributed by atoms with Gasteiger partial charge < -0.3 is 4.74 Å². The molecule has 1 N–H and O–H groups in total. The van der Waals surface area contributed by atoms with E-state index >= 15 is 0 Å². The first-order chi connectivity index (χ1) is 11.7. The van der Waals surface area contributed by atoms with Crippen LogP contribution in [0.4, 0.5) is 40.3 Å². The molecule has 0 saturated heterocycles. The third kappa shape index (κ3) is 3.73. The van der Waals surface area contributed by atoms with Crippen molar-refractivity contribution in [1.29, 1.82) is 0 Å². The van der Waals surface area contributed by atoms with Gasteiger partial charge >= 0.3 is 36.1 Å². The summed E-state index contributed by atoms with van der Waals surface area (Å²) in [5.74, 6) is -23.3. The van der Waals surface area contributed by atoms with Crippen molar-refractivity contribution >= 4 is 28.3 Å². The first kappa shape index (κ1) is 22.1. The van der Waals surface area contributed by atoms with Crippen LogP contribution < -0.4 is 5.32 Å². The summed E-state index contributed by atoms with van der Waals surface area (Å²) >= 11 is 0.245. The number of hydrogen-bond donors (Lipinski definition) is 1. The van der Waals surface area contributed by atoms with Crippen molar-refractivity contribution in [2.24, 2.45) is 0 Å². The molecule has 14 heteroatoms. The summed E-state index contributed by atoms with van der Waals surface area (Å²) in [6, 6.07) is 0. The Morgan fingerprint density at radius 2 is 1.73 bits per heavy atom. The third-order valence-corrected chi connectivity index (χ3v) is 3.90. The molecule has 0 aromatic carbocycles. The van der Waals surface area contributed by atoms with E-state index in [1.807, 2.05) is 0 Å². The number of rotatable bonds is 7. The molecule has 0 spiro atoms. The van der Waals surface area contributed by atoms with Crippen LogP contribution in [0.3, 0.4) is 0 Å². The molecule has 0 aliphatic heterocycles. The fraction of sp³-hybridized carbons (Fsp3) is 0.583. The van der Waals surface area contributed by atoms with Crippen LogP contribution in [-0.2, 0) is 9.53 Å². The number of aromatic nitrogens is 1. The van der Waals surface area contributed by atoms with Crippen LogP contribution in [0.15, 0.2) is 0 Å². The molecule has 26 heavy (non-hydrogen) atoms. The van der Waals surface area contributed by atoms with Crippen LogP contribution in [0.2, 0.25) is 0 Å². The van der Waals surface area contributed by atoms with E-state index in [4.69, 9.17) is 0 Å². The van der Waals surface area contributed by atoms with Crippen molar-refractivity contribution in [3.8, 4) is 0 Å². The number of amides is 1. The minimum absolute atomic E-state index is 0.0646. The molecule has 1 amide bonds. The molecule has 0 radical (unpaired) electrons. The van der Waals surface area contributed by atoms with Crippen LogP contribution in [0.5, 0.6) is 0 Å². The van der Waals surface area contributed by atoms with E-state index < -0.39 is 41.2 Å². The molecule has 0 fully saturated rings. The zero-order chi connectivity index (χ0) is 20.5. The summed E-state index contributed by atoms with van der Waals surface area (Å²) in [6.07, 6.45) is -5.14. The van der Waals surface area contributed by atoms with Gasteiger partial charge in [0.15, 0.2) is 5.13 Å². The summed E-state index contributed by atoms with van der Waals surface area (Å²) in [4.78, 5) is 26.0. The number of ether oxygens (including phenoxy) is 1. The largest absolute Gasteiger partial charge is 0.462 e. The molecule has 1 rings (SSSR count). The van der Waals surface area contributed by atoms with Crippen LogP contribution in [0.25, 0.3) is 0 Å². The Hall–Kier alpha value is -1.99. The maximum Gasteiger partial charge on any atom is 0.393 e. The maximum absolute atomic E-state index is 13.4. The Labute approximate surface area is 144 Å². The van der Waals surface area contributed by atoms with E-state index in [0.717, 1.165) is 5.32 Å². The number of carbonyl (C=O) groups is 2. The van der Waals surface area contributed by atoms with Gasteiger partial charge in [-0.1, -0.05) is 11.3 Å². The monoisotopic (exact) mass is 414 g/mol. The fourth-order valence-corrected chi connectivity index (χ4v) is 2.36. The second-order valence-corrected chi connectivity index (χ2v) is 5.68. The van der Waals surface area contributed by atoms with Gasteiger partial charge in [-0.05, 0) is 13.8 Å². The molecule has 0 aliphatic carbocycles. The van der Waals surface area contributed by atoms with Gasteiger partial charge in [-0.2, -0.15) is 26.3 Å². The van der Waals surface area contributed by atoms with Gasteiger partial charge in [0.05, 0.1) is 12.3 Å². The molecule has 148 valence electrons. The number of anilines is 1. The molecule has 1 aromatic heterocycles. The predicted octanol–water partition coefficient (Wildman–Crippen LogP) is 3.74. The zero-order valence-electron chi connectivity index (χ0n) is 12.9. The normalized spacial score (nSPS) is 13.0. The fourth-order valence-electron chi connectivity index (χ4n) is 1.50. The average molecular weight is 414 g/mol. The SMILES string of the molecule is CCOC(=O)c1sc(NC(=O)C(F)(F)C(F)(F)C(F)(F)C(F)F)nc1C. The molecule has 0 atom stereocenters. The number of carbonyl (C=O) groups excluding carboxylic acids is 2. The maximum atomic E-state index is 13.4. The number of aryl methyl sites for hydroxylation is 1. The number of hydrogen-bond acceptors (Lipinski definition) is 5. The standard InChI is InChI=1S/C12H10F8N2O3S/c1-3-25-6(23)5-4(2)21-9(26-5)22-8(24)11(17,18)12(19,20)10(15,16)7(13)14/h7H,3H2,1-2H3,(H,21,22,24). The van der Waals surface area contributed by atoms with Crippen LogP contribution in [0.1, 0.15) is 22.3 Å². The van der Waals surface area contributed by atoms with Gasteiger partial charge in [-0.15, -0.1) is 0 Å². The second-order valence-electron chi connectivity index (χ2n) is 4.68. The molecule has 5 nitrogen and oxygen atoms in total. The lowest BCUT2D eigenvalue weighted by molar-refractivity contribution is -0.326. The zero-order valence-corrected chi connectivity index (χ0v) is 13.7. The number of nitrogens with one attached hydrogen (secondary N) is 1. The Morgan fingerprint density at radius 1 is 1.19 bits per heavy atom. The van der Waals surface area contributed by atoms with Gasteiger partial charge in [0.25, 0.3) is 0 Å². The number of alkyl halides is 8. The number of thiazole rings is 1. The van der Waals surface area contributed by atoms with E-state index in [9.17, 15) is 44.7 Å². The molecule has 1 aromatic rings. The van der Waals surface area contributed by atoms with Crippen LogP contribution in [0, 0.1) is 6.92 Å². The highest BCUT2D eigenvalue weighted by molar-refractivity contribution is 7.17. The quantitative estimate of drug-likeness (QED) is 0.545. The van der Waals surface area contributed by atoms with Crippen molar-refractivity contribution in [1.82, 2.24) is 4.98 Å². The van der Waals surface area contributed by atoms with E-state index in [-0.39, 0.29) is 28.5 Å². The minimum Gasteiger partial charge on any atom is -0.462 e. The first-order valence-electron chi connectivity index (χ1n) is 6.57. The smallest absolute Gasteiger partial charge is 0.393 e. The van der Waals surface area contributed by atoms with Crippen LogP contribution in [-0.4, -0.2) is 47.7 Å². The summed E-state index contributed by atoms with van der Waals surface area (Å²) in [5.41, 5.74) is -0.128. The van der Waals surface area contributed by atoms with Gasteiger partial charge in [0, 0.05) is 0 Å². The summed E-state index contributed by atoms with van der Waals surface area (Å²) in [7, 11) is 0. The molecule has 1 heterocycles. The average Bonchev–Trinajstić information content (AvgIpc) is 2.87. The minimum atomic E-state index is -6.69. The predicted molar refractivity (Wildman–Crippen MR) is 72.3 cm³/mol. The molecular formula is C12H10F8N2O3S. The Morgan fingerprint density at radius 3 is 2.19 bits per heavy atom. The highest BCUT2D eigenvalue weighted by Gasteiger charge is 2.78. The Kier molecular flexibility index (Phi) is 6.21. The highest BCUT2D eigenvalue weighted by Crippen LogP contribution is 2.48. The first-order valence-corrected chi connectivity index (χ1v) is 7.39. The van der Waals surface area contributed by atoms with E-state index in [1.54, 1.807) is 0 Å². The number of nitrogens with zero attached hydrogens (tertiary/aromatic N) is 1. The third-order valence-electron chi connectivity index (χ3n) is 2.85. The molecule has 0 aliphatic rings. The lowest BCUT2D eigenvalue weighted by Gasteiger charge is -2.30. The summed E-state index contributed by atoms with van der Waals surface area (Å²) < 4.78 is 107. The van der Waals surface area contributed by atoms with E-state index in [0.29, 0.717) is 0 Å². The Bertz CT molecular complexity index is 692. The highest BCUT2D eigenvalue weighted by atomic mass is 32.1. The Balaban J connectivity index is 3.10. The van der Waals surface area contributed by atoms with E-state index in [2.05, 4.69) is 9.72 Å². The van der Waals surface area contributed by atoms with Crippen LogP contribution >= 0.6 is 11.3 Å². The lowest BCUT2D eigenvalue weighted by Crippen LogP contribution is -2.61. The lowest BCUT2D eigenvalue weighted by atomic mass is 10.0. The number of esters is 1. The molecule has 0 unspecified atom stereocenters. The van der Waals surface area contributed by atoms with Gasteiger partial charge in [-0.25, -0.2) is 18.6 Å². The van der Waals surface area contributed by atoms with Crippen molar-refractivity contribution in [2.45, 2.75) is 38.0 Å². The van der Waals surface area contributed by atoms with Crippen molar-refractivity contribution in [3.63, 3.8) is 0 Å². The summed E-state index contributed by atoms with van der Waals surface area (Å²) in [5, 5.41) is 0.296. The van der Waals surface area contributed by atoms with Gasteiger partial charge in [-0.3, -0.25) is 10.1 Å². The van der Waals surface area contributed by atoms with Gasteiger partial charge in [0.2, 0.25) is 0 Å². The summed E-state index contributed by atoms with van der Waals surface area (Å²) in [6.45, 7) is 2.57. The van der Waals surface area contributed by atoms with Crippen molar-refractivity contribution in [2.75, 3.05) is 11.9 Å². The molecule has 0 saturated carbocycles. The second kappa shape index (κ2) is 7.32. The van der Waals surface area contributed by atoms with Crippen molar-refractivity contribution in [3.05, 3.63) is 10.6 Å².